The largest absolute Gasteiger partial charge is 0.489 e. The molecule has 0 aliphatic carbocycles. The van der Waals surface area contributed by atoms with E-state index in [1.165, 1.54) is 0 Å². The topological polar surface area (TPSA) is 136 Å². The fraction of sp³-hybridized carbons (Fsp3) is 0.125. The van der Waals surface area contributed by atoms with Crippen molar-refractivity contribution in [3.63, 3.8) is 0 Å². The molecule has 0 unspecified atom stereocenters. The molecular formula is C24H21N7O2. The van der Waals surface area contributed by atoms with Gasteiger partial charge in [0.1, 0.15) is 24.2 Å². The van der Waals surface area contributed by atoms with Crippen molar-refractivity contribution >= 4 is 29.2 Å². The van der Waals surface area contributed by atoms with Crippen LogP contribution in [0.4, 0.5) is 17.6 Å². The summed E-state index contributed by atoms with van der Waals surface area (Å²) in [5, 5.41) is 16.7. The van der Waals surface area contributed by atoms with Crippen LogP contribution in [0.25, 0.3) is 11.6 Å². The molecule has 0 fully saturated rings. The number of para-hydroxylation sites is 1. The predicted octanol–water partition coefficient (Wildman–Crippen LogP) is 4.45. The number of benzene rings is 2. The van der Waals surface area contributed by atoms with Gasteiger partial charge >= 0.3 is 0 Å². The van der Waals surface area contributed by atoms with E-state index in [9.17, 15) is 5.26 Å². The first kappa shape index (κ1) is 21.5. The van der Waals surface area contributed by atoms with Gasteiger partial charge in [-0.05, 0) is 49.8 Å². The molecule has 0 spiro atoms. The number of rotatable bonds is 7. The third kappa shape index (κ3) is 5.32. The van der Waals surface area contributed by atoms with E-state index >= 15 is 0 Å². The van der Waals surface area contributed by atoms with Gasteiger partial charge in [-0.2, -0.15) is 20.2 Å². The molecule has 0 saturated heterocycles. The lowest BCUT2D eigenvalue weighted by Crippen LogP contribution is -2.06. The number of hydrogen-bond donors (Lipinski definition) is 2. The van der Waals surface area contributed by atoms with Crippen molar-refractivity contribution in [3.05, 3.63) is 83.0 Å². The Morgan fingerprint density at radius 2 is 1.85 bits per heavy atom. The first-order chi connectivity index (χ1) is 16.0. The van der Waals surface area contributed by atoms with Crippen molar-refractivity contribution in [1.82, 2.24) is 20.1 Å². The van der Waals surface area contributed by atoms with Gasteiger partial charge in [-0.1, -0.05) is 35.5 Å². The maximum Gasteiger partial charge on any atom is 0.232 e. The third-order valence-electron chi connectivity index (χ3n) is 4.80. The first-order valence-electron chi connectivity index (χ1n) is 10.1. The van der Waals surface area contributed by atoms with E-state index in [1.807, 2.05) is 68.4 Å². The molecule has 164 valence electrons. The molecule has 9 heteroatoms. The highest BCUT2D eigenvalue weighted by atomic mass is 16.5. The average Bonchev–Trinajstić information content (AvgIpc) is 3.14. The zero-order valence-electron chi connectivity index (χ0n) is 18.1. The molecule has 3 N–H and O–H groups in total. The molecular weight excluding hydrogens is 418 g/mol. The number of ether oxygens (including phenoxy) is 1. The maximum absolute atomic E-state index is 9.69. The minimum absolute atomic E-state index is 0.0163. The fourth-order valence-electron chi connectivity index (χ4n) is 3.06. The summed E-state index contributed by atoms with van der Waals surface area (Å²) < 4.78 is 11.0. The van der Waals surface area contributed by atoms with Gasteiger partial charge in [0.25, 0.3) is 0 Å². The molecule has 0 atom stereocenters. The first-order valence-corrected chi connectivity index (χ1v) is 10.1. The summed E-state index contributed by atoms with van der Waals surface area (Å²) in [7, 11) is 0. The molecule has 4 rings (SSSR count). The zero-order valence-corrected chi connectivity index (χ0v) is 18.1. The third-order valence-corrected chi connectivity index (χ3v) is 4.80. The number of aromatic nitrogens is 4. The van der Waals surface area contributed by atoms with Crippen molar-refractivity contribution in [2.75, 3.05) is 11.1 Å². The summed E-state index contributed by atoms with van der Waals surface area (Å²) in [5.41, 5.74) is 9.42. The van der Waals surface area contributed by atoms with E-state index < -0.39 is 0 Å². The molecule has 0 radical (unpaired) electrons. The Morgan fingerprint density at radius 3 is 2.52 bits per heavy atom. The van der Waals surface area contributed by atoms with Crippen LogP contribution in [0.5, 0.6) is 5.75 Å². The van der Waals surface area contributed by atoms with Gasteiger partial charge in [-0.15, -0.1) is 0 Å². The summed E-state index contributed by atoms with van der Waals surface area (Å²) in [5.74, 6) is 1.88. The second-order valence-corrected chi connectivity index (χ2v) is 7.16. The second kappa shape index (κ2) is 9.62. The Kier molecular flexibility index (Phi) is 6.27. The van der Waals surface area contributed by atoms with Gasteiger partial charge in [-0.3, -0.25) is 0 Å². The summed E-state index contributed by atoms with van der Waals surface area (Å²) in [6.45, 7) is 4.09. The fourth-order valence-corrected chi connectivity index (χ4v) is 3.06. The molecule has 0 aliphatic heterocycles. The van der Waals surface area contributed by atoms with Crippen molar-refractivity contribution in [1.29, 1.82) is 5.26 Å². The van der Waals surface area contributed by atoms with Crippen LogP contribution >= 0.6 is 0 Å². The number of hydrogen-bond acceptors (Lipinski definition) is 9. The van der Waals surface area contributed by atoms with E-state index in [1.54, 1.807) is 6.08 Å². The lowest BCUT2D eigenvalue weighted by molar-refractivity contribution is 0.301. The van der Waals surface area contributed by atoms with E-state index in [0.717, 1.165) is 28.3 Å². The highest BCUT2D eigenvalue weighted by Gasteiger charge is 2.11. The van der Waals surface area contributed by atoms with Crippen LogP contribution < -0.4 is 15.8 Å². The minimum atomic E-state index is 0.0163. The normalized spacial score (nSPS) is 11.1. The smallest absolute Gasteiger partial charge is 0.232 e. The molecule has 2 aromatic carbocycles. The lowest BCUT2D eigenvalue weighted by atomic mass is 10.1. The second-order valence-electron chi connectivity index (χ2n) is 7.16. The van der Waals surface area contributed by atoms with Crippen molar-refractivity contribution in [2.24, 2.45) is 0 Å². The number of nitrogens with two attached hydrogens (primary N) is 1. The number of allylic oxidation sites excluding steroid dienone is 1. The number of nitrogens with one attached hydrogen (secondary N) is 1. The van der Waals surface area contributed by atoms with E-state index in [4.69, 9.17) is 15.0 Å². The van der Waals surface area contributed by atoms with Gasteiger partial charge in [0.15, 0.2) is 5.82 Å². The van der Waals surface area contributed by atoms with E-state index in [0.29, 0.717) is 12.4 Å². The molecule has 0 bridgehead atoms. The van der Waals surface area contributed by atoms with Crippen LogP contribution in [-0.2, 0) is 6.61 Å². The minimum Gasteiger partial charge on any atom is -0.489 e. The van der Waals surface area contributed by atoms with E-state index in [2.05, 4.69) is 31.5 Å². The predicted molar refractivity (Wildman–Crippen MR) is 124 cm³/mol. The van der Waals surface area contributed by atoms with Gasteiger partial charge in [-0.25, -0.2) is 0 Å². The zero-order chi connectivity index (χ0) is 23.2. The van der Waals surface area contributed by atoms with Crippen molar-refractivity contribution in [3.8, 4) is 11.8 Å². The van der Waals surface area contributed by atoms with Crippen LogP contribution in [0.3, 0.4) is 0 Å². The highest BCUT2D eigenvalue weighted by molar-refractivity contribution is 5.87. The Hall–Kier alpha value is -4.71. The molecule has 4 aromatic rings. The highest BCUT2D eigenvalue weighted by Crippen LogP contribution is 2.21. The van der Waals surface area contributed by atoms with Crippen LogP contribution in [0.2, 0.25) is 0 Å². The molecule has 2 aromatic heterocycles. The Morgan fingerprint density at radius 1 is 1.09 bits per heavy atom. The van der Waals surface area contributed by atoms with Crippen LogP contribution in [0.1, 0.15) is 28.4 Å². The van der Waals surface area contributed by atoms with Gasteiger partial charge in [0, 0.05) is 5.69 Å². The van der Waals surface area contributed by atoms with Gasteiger partial charge < -0.3 is 20.3 Å². The summed E-state index contributed by atoms with van der Waals surface area (Å²) in [6, 6.07) is 18.9. The van der Waals surface area contributed by atoms with Crippen molar-refractivity contribution in [2.45, 2.75) is 20.5 Å². The molecule has 0 aliphatic rings. The number of nitriles is 1. The van der Waals surface area contributed by atoms with Crippen LogP contribution in [0.15, 0.2) is 59.1 Å². The summed E-state index contributed by atoms with van der Waals surface area (Å²) in [6.07, 6.45) is 1.68. The molecule has 2 heterocycles. The average molecular weight is 439 g/mol. The van der Waals surface area contributed by atoms with Crippen molar-refractivity contribution < 1.29 is 9.26 Å². The molecule has 33 heavy (non-hydrogen) atoms. The SMILES string of the molecule is Cc1noc(C)c1COc1ccc(/C=C(\C#N)c2nc(N)nc(Nc3ccccc3)n2)cc1. The number of nitrogens with zero attached hydrogens (tertiary/aromatic N) is 5. The number of aryl methyl sites for hydroxylation is 2. The maximum atomic E-state index is 9.69. The Bertz CT molecular complexity index is 1300. The molecule has 0 saturated carbocycles. The van der Waals surface area contributed by atoms with E-state index in [-0.39, 0.29) is 23.3 Å². The quantitative estimate of drug-likeness (QED) is 0.400. The van der Waals surface area contributed by atoms with Crippen LogP contribution in [0, 0.1) is 25.2 Å². The number of nitrogen functional groups attached to an aromatic ring is 1. The summed E-state index contributed by atoms with van der Waals surface area (Å²) >= 11 is 0. The standard InChI is InChI=1S/C24H21N7O2/c1-15-21(16(2)33-31-15)14-32-20-10-8-17(9-11-20)12-18(13-25)22-28-23(26)30-24(29-22)27-19-6-4-3-5-7-19/h3-12H,14H2,1-2H3,(H3,26,27,28,29,30)/b18-12+. The van der Waals surface area contributed by atoms with Gasteiger partial charge in [0.2, 0.25) is 11.9 Å². The number of anilines is 3. The summed E-state index contributed by atoms with van der Waals surface area (Å²) in [4.78, 5) is 12.6. The monoisotopic (exact) mass is 439 g/mol. The molecule has 9 nitrogen and oxygen atoms in total. The van der Waals surface area contributed by atoms with Crippen LogP contribution in [-0.4, -0.2) is 20.1 Å². The Labute approximate surface area is 190 Å². The lowest BCUT2D eigenvalue weighted by Gasteiger charge is -2.07. The van der Waals surface area contributed by atoms with Gasteiger partial charge in [0.05, 0.1) is 16.8 Å². The molecule has 0 amide bonds. The Balaban J connectivity index is 1.51.